The number of benzene rings is 1. The van der Waals surface area contributed by atoms with E-state index in [9.17, 15) is 4.79 Å². The Kier molecular flexibility index (Phi) is 9.07. The van der Waals surface area contributed by atoms with Gasteiger partial charge in [-0.2, -0.15) is 5.10 Å². The first-order chi connectivity index (χ1) is 15.9. The molecular weight excluding hydrogens is 430 g/mol. The molecule has 0 fully saturated rings. The lowest BCUT2D eigenvalue weighted by Crippen LogP contribution is -2.22. The van der Waals surface area contributed by atoms with E-state index in [-0.39, 0.29) is 11.5 Å². The molecule has 0 radical (unpaired) electrons. The van der Waals surface area contributed by atoms with Crippen LogP contribution in [0.3, 0.4) is 0 Å². The van der Waals surface area contributed by atoms with E-state index in [0.29, 0.717) is 12.3 Å². The topological polar surface area (TPSA) is 74.9 Å². The maximum absolute atomic E-state index is 12.1. The molecule has 0 amide bonds. The maximum Gasteiger partial charge on any atom is 0.511 e. The summed E-state index contributed by atoms with van der Waals surface area (Å²) < 4.78 is 18.7. The second kappa shape index (κ2) is 11.4. The third-order valence-electron chi connectivity index (χ3n) is 5.38. The molecule has 1 aromatic heterocycles. The molecule has 0 N–H and O–H groups in total. The van der Waals surface area contributed by atoms with E-state index < -0.39 is 12.4 Å². The van der Waals surface area contributed by atoms with Crippen molar-refractivity contribution >= 4 is 23.7 Å². The molecule has 7 heteroatoms. The van der Waals surface area contributed by atoms with Gasteiger partial charge in [0, 0.05) is 37.9 Å². The number of aryl methyl sites for hydroxylation is 2. The number of aliphatic imine (C=N–C) groups is 1. The number of carbonyl (C=O) groups excluding carboxylic acids is 1. The number of allylic oxidation sites excluding steroid dienone is 1. The average molecular weight is 470 g/mol. The molecular formula is C27H39N3O4. The van der Waals surface area contributed by atoms with Crippen molar-refractivity contribution in [2.45, 2.75) is 86.7 Å². The zero-order valence-electron chi connectivity index (χ0n) is 22.2. The smallest absolute Gasteiger partial charge is 0.452 e. The summed E-state index contributed by atoms with van der Waals surface area (Å²) in [5, 5.41) is 4.67. The van der Waals surface area contributed by atoms with Crippen LogP contribution in [-0.2, 0) is 26.2 Å². The van der Waals surface area contributed by atoms with Crippen LogP contribution in [0.25, 0.3) is 11.3 Å². The van der Waals surface area contributed by atoms with Gasteiger partial charge in [0.1, 0.15) is 5.69 Å². The van der Waals surface area contributed by atoms with Crippen LogP contribution in [0, 0.1) is 13.8 Å². The lowest BCUT2D eigenvalue weighted by Gasteiger charge is -2.22. The predicted octanol–water partition coefficient (Wildman–Crippen LogP) is 6.31. The molecule has 0 aliphatic rings. The summed E-state index contributed by atoms with van der Waals surface area (Å²) in [6.45, 7) is 18.4. The summed E-state index contributed by atoms with van der Waals surface area (Å²) in [4.78, 5) is 16.4. The van der Waals surface area contributed by atoms with Crippen LogP contribution in [0.1, 0.15) is 76.5 Å². The molecule has 1 aromatic carbocycles. The zero-order chi connectivity index (χ0) is 25.6. The molecule has 0 spiro atoms. The van der Waals surface area contributed by atoms with Crippen LogP contribution in [-0.4, -0.2) is 41.6 Å². The summed E-state index contributed by atoms with van der Waals surface area (Å²) in [5.74, 6) is 0.541. The summed E-state index contributed by atoms with van der Waals surface area (Å²) in [6.07, 6.45) is -0.193. The van der Waals surface area contributed by atoms with Gasteiger partial charge < -0.3 is 14.2 Å². The molecule has 0 aliphatic heterocycles. The van der Waals surface area contributed by atoms with Gasteiger partial charge >= 0.3 is 6.16 Å². The van der Waals surface area contributed by atoms with E-state index >= 15 is 0 Å². The first kappa shape index (κ1) is 27.2. The molecule has 7 nitrogen and oxygen atoms in total. The van der Waals surface area contributed by atoms with Crippen LogP contribution >= 0.6 is 0 Å². The zero-order valence-corrected chi connectivity index (χ0v) is 22.2. The minimum Gasteiger partial charge on any atom is -0.452 e. The van der Waals surface area contributed by atoms with Gasteiger partial charge in [0.05, 0.1) is 11.8 Å². The Hall–Kier alpha value is -3.09. The summed E-state index contributed by atoms with van der Waals surface area (Å²) in [6, 6.07) is 8.36. The van der Waals surface area contributed by atoms with Crippen LogP contribution in [0.15, 0.2) is 29.3 Å². The molecule has 2 aromatic rings. The van der Waals surface area contributed by atoms with Crippen molar-refractivity contribution in [3.05, 3.63) is 52.3 Å². The van der Waals surface area contributed by atoms with Gasteiger partial charge in [0.25, 0.3) is 0 Å². The fraction of sp³-hybridized carbons (Fsp3) is 0.519. The SMILES string of the molecule is CCn1nc(C)c(C)c1/C(OC(C)OC(=O)OC(C)C)=C(\C=N/C)c1ccc(C(C)(C)C)cc1. The minimum atomic E-state index is -0.893. The molecule has 0 saturated heterocycles. The van der Waals surface area contributed by atoms with Crippen molar-refractivity contribution in [3.8, 4) is 0 Å². The van der Waals surface area contributed by atoms with Crippen molar-refractivity contribution in [2.24, 2.45) is 4.99 Å². The third-order valence-corrected chi connectivity index (χ3v) is 5.38. The van der Waals surface area contributed by atoms with Crippen LogP contribution < -0.4 is 0 Å². The maximum atomic E-state index is 12.1. The van der Waals surface area contributed by atoms with E-state index in [4.69, 9.17) is 14.2 Å². The average Bonchev–Trinajstić information content (AvgIpc) is 3.03. The van der Waals surface area contributed by atoms with Gasteiger partial charge in [-0.15, -0.1) is 0 Å². The molecule has 34 heavy (non-hydrogen) atoms. The van der Waals surface area contributed by atoms with Crippen molar-refractivity contribution < 1.29 is 19.0 Å². The Bertz CT molecular complexity index is 1040. The highest BCUT2D eigenvalue weighted by Crippen LogP contribution is 2.32. The lowest BCUT2D eigenvalue weighted by molar-refractivity contribution is -0.0735. The first-order valence-corrected chi connectivity index (χ1v) is 11.7. The molecule has 186 valence electrons. The number of aromatic nitrogens is 2. The Labute approximate surface area is 203 Å². The van der Waals surface area contributed by atoms with Crippen LogP contribution in [0.2, 0.25) is 0 Å². The largest absolute Gasteiger partial charge is 0.511 e. The van der Waals surface area contributed by atoms with E-state index in [1.165, 1.54) is 5.56 Å². The van der Waals surface area contributed by atoms with Gasteiger partial charge in [-0.25, -0.2) is 4.79 Å². The fourth-order valence-electron chi connectivity index (χ4n) is 3.52. The van der Waals surface area contributed by atoms with Crippen LogP contribution in [0.5, 0.6) is 0 Å². The third kappa shape index (κ3) is 6.72. The standard InChI is InChI=1S/C27H39N3O4/c1-11-30-24(18(4)19(5)29-30)25(33-20(6)34-26(31)32-17(2)3)23(16-28-10)21-12-14-22(15-13-21)27(7,8)9/h12-17,20H,11H2,1-10H3/b25-23-,28-16-. The van der Waals surface area contributed by atoms with Gasteiger partial charge in [-0.05, 0) is 51.2 Å². The van der Waals surface area contributed by atoms with E-state index in [2.05, 4.69) is 55.1 Å². The van der Waals surface area contributed by atoms with Crippen molar-refractivity contribution in [3.63, 3.8) is 0 Å². The second-order valence-corrected chi connectivity index (χ2v) is 9.55. The van der Waals surface area contributed by atoms with E-state index in [1.54, 1.807) is 34.0 Å². The first-order valence-electron chi connectivity index (χ1n) is 11.7. The normalized spacial score (nSPS) is 13.7. The molecule has 1 heterocycles. The number of nitrogens with zero attached hydrogens (tertiary/aromatic N) is 3. The lowest BCUT2D eigenvalue weighted by atomic mass is 9.86. The van der Waals surface area contributed by atoms with Crippen molar-refractivity contribution in [2.75, 3.05) is 7.05 Å². The molecule has 0 aliphatic carbocycles. The highest BCUT2D eigenvalue weighted by atomic mass is 16.8. The molecule has 0 bridgehead atoms. The monoisotopic (exact) mass is 469 g/mol. The minimum absolute atomic E-state index is 0.0360. The summed E-state index contributed by atoms with van der Waals surface area (Å²) in [7, 11) is 1.72. The van der Waals surface area contributed by atoms with Crippen molar-refractivity contribution in [1.29, 1.82) is 0 Å². The fourth-order valence-corrected chi connectivity index (χ4v) is 3.52. The van der Waals surface area contributed by atoms with E-state index in [1.807, 2.05) is 25.5 Å². The van der Waals surface area contributed by atoms with Crippen molar-refractivity contribution in [1.82, 2.24) is 9.78 Å². The number of carbonyl (C=O) groups is 1. The molecule has 2 rings (SSSR count). The molecule has 1 atom stereocenters. The van der Waals surface area contributed by atoms with Gasteiger partial charge in [0.2, 0.25) is 6.29 Å². The highest BCUT2D eigenvalue weighted by molar-refractivity contribution is 6.18. The van der Waals surface area contributed by atoms with Crippen LogP contribution in [0.4, 0.5) is 4.79 Å². The van der Waals surface area contributed by atoms with E-state index in [0.717, 1.165) is 28.1 Å². The summed E-state index contributed by atoms with van der Waals surface area (Å²) >= 11 is 0. The summed E-state index contributed by atoms with van der Waals surface area (Å²) in [5.41, 5.74) is 5.69. The Balaban J connectivity index is 2.67. The predicted molar refractivity (Wildman–Crippen MR) is 137 cm³/mol. The van der Waals surface area contributed by atoms with Gasteiger partial charge in [-0.3, -0.25) is 9.67 Å². The van der Waals surface area contributed by atoms with Gasteiger partial charge in [-0.1, -0.05) is 45.0 Å². The Morgan fingerprint density at radius 3 is 2.21 bits per heavy atom. The Morgan fingerprint density at radius 2 is 1.71 bits per heavy atom. The second-order valence-electron chi connectivity index (χ2n) is 9.55. The molecule has 1 unspecified atom stereocenters. The molecule has 0 saturated carbocycles. The number of rotatable bonds is 8. The number of hydrogen-bond donors (Lipinski definition) is 0. The number of hydrogen-bond acceptors (Lipinski definition) is 6. The Morgan fingerprint density at radius 1 is 1.09 bits per heavy atom. The quantitative estimate of drug-likeness (QED) is 0.196. The highest BCUT2D eigenvalue weighted by Gasteiger charge is 2.25. The number of ether oxygens (including phenoxy) is 3. The van der Waals surface area contributed by atoms with Gasteiger partial charge in [0.15, 0.2) is 5.76 Å².